The third-order valence-corrected chi connectivity index (χ3v) is 6.60. The molecule has 0 radical (unpaired) electrons. The van der Waals surface area contributed by atoms with E-state index in [9.17, 15) is 18.5 Å². The number of methoxy groups -OCH3 is 2. The molecule has 168 valence electrons. The SMILES string of the molecule is COc1ccc(/C=C(\C#N)C(=O)N(c2ccc(OC)cc2)S(=O)(=O)c2ccc(Cl)cc2)cc1. The van der Waals surface area contributed by atoms with Crippen LogP contribution in [0.4, 0.5) is 5.69 Å². The molecule has 3 rings (SSSR count). The Hall–Kier alpha value is -3.80. The number of hydrogen-bond donors (Lipinski definition) is 0. The Kier molecular flexibility index (Phi) is 7.38. The second-order valence-electron chi connectivity index (χ2n) is 6.67. The number of amides is 1. The zero-order valence-corrected chi connectivity index (χ0v) is 19.3. The van der Waals surface area contributed by atoms with Crippen molar-refractivity contribution in [3.8, 4) is 17.6 Å². The summed E-state index contributed by atoms with van der Waals surface area (Å²) in [6.45, 7) is 0. The van der Waals surface area contributed by atoms with Crippen LogP contribution in [-0.2, 0) is 14.8 Å². The van der Waals surface area contributed by atoms with Gasteiger partial charge in [-0.1, -0.05) is 23.7 Å². The molecule has 0 bridgehead atoms. The van der Waals surface area contributed by atoms with E-state index in [1.54, 1.807) is 24.3 Å². The summed E-state index contributed by atoms with van der Waals surface area (Å²) in [6, 6.07) is 19.7. The molecule has 1 amide bonds. The molecule has 0 heterocycles. The number of nitrogens with zero attached hydrogens (tertiary/aromatic N) is 2. The largest absolute Gasteiger partial charge is 0.497 e. The lowest BCUT2D eigenvalue weighted by Crippen LogP contribution is -2.37. The van der Waals surface area contributed by atoms with E-state index < -0.39 is 15.9 Å². The van der Waals surface area contributed by atoms with Gasteiger partial charge in [-0.2, -0.15) is 9.57 Å². The van der Waals surface area contributed by atoms with Gasteiger partial charge in [-0.3, -0.25) is 4.79 Å². The normalized spacial score (nSPS) is 11.4. The first kappa shape index (κ1) is 23.9. The molecule has 0 spiro atoms. The lowest BCUT2D eigenvalue weighted by atomic mass is 10.1. The van der Waals surface area contributed by atoms with E-state index >= 15 is 0 Å². The van der Waals surface area contributed by atoms with Crippen LogP contribution in [-0.4, -0.2) is 28.5 Å². The maximum Gasteiger partial charge on any atom is 0.282 e. The molecule has 3 aromatic rings. The summed E-state index contributed by atoms with van der Waals surface area (Å²) in [5.74, 6) is 0.0694. The van der Waals surface area contributed by atoms with Gasteiger partial charge >= 0.3 is 0 Å². The van der Waals surface area contributed by atoms with Crippen molar-refractivity contribution in [2.75, 3.05) is 18.5 Å². The number of rotatable bonds is 7. The van der Waals surface area contributed by atoms with Gasteiger partial charge in [0.2, 0.25) is 0 Å². The summed E-state index contributed by atoms with van der Waals surface area (Å²) in [7, 11) is -1.39. The first-order valence-corrected chi connectivity index (χ1v) is 11.4. The predicted octanol–water partition coefficient (Wildman–Crippen LogP) is 4.69. The number of nitriles is 1. The standard InChI is InChI=1S/C24H19ClN2O5S/c1-31-21-9-3-17(4-10-21)15-18(16-26)24(28)27(20-7-11-22(32-2)12-8-20)33(29,30)23-13-5-19(25)6-14-23/h3-15H,1-2H3/b18-15+. The van der Waals surface area contributed by atoms with Crippen molar-refractivity contribution in [3.05, 3.63) is 89.0 Å². The summed E-state index contributed by atoms with van der Waals surface area (Å²) in [5, 5.41) is 10.0. The van der Waals surface area contributed by atoms with Gasteiger partial charge in [0.1, 0.15) is 23.1 Å². The van der Waals surface area contributed by atoms with Crippen molar-refractivity contribution in [2.24, 2.45) is 0 Å². The number of carbonyl (C=O) groups excluding carboxylic acids is 1. The van der Waals surface area contributed by atoms with Gasteiger partial charge in [-0.15, -0.1) is 0 Å². The highest BCUT2D eigenvalue weighted by Gasteiger charge is 2.33. The highest BCUT2D eigenvalue weighted by molar-refractivity contribution is 7.93. The first-order valence-electron chi connectivity index (χ1n) is 9.55. The van der Waals surface area contributed by atoms with Crippen LogP contribution in [0.2, 0.25) is 5.02 Å². The number of benzene rings is 3. The van der Waals surface area contributed by atoms with Crippen molar-refractivity contribution < 1.29 is 22.7 Å². The molecule has 0 aliphatic carbocycles. The number of anilines is 1. The average molecular weight is 483 g/mol. The molecule has 0 aliphatic heterocycles. The fraction of sp³-hybridized carbons (Fsp3) is 0.0833. The van der Waals surface area contributed by atoms with Gasteiger partial charge in [0.25, 0.3) is 15.9 Å². The molecule has 9 heteroatoms. The van der Waals surface area contributed by atoms with Crippen LogP contribution in [0.1, 0.15) is 5.56 Å². The maximum absolute atomic E-state index is 13.5. The van der Waals surface area contributed by atoms with E-state index in [4.69, 9.17) is 21.1 Å². The van der Waals surface area contributed by atoms with E-state index in [1.165, 1.54) is 68.8 Å². The maximum atomic E-state index is 13.5. The minimum Gasteiger partial charge on any atom is -0.497 e. The topological polar surface area (TPSA) is 96.7 Å². The summed E-state index contributed by atoms with van der Waals surface area (Å²) in [5.41, 5.74) is 0.208. The zero-order chi connectivity index (χ0) is 24.0. The van der Waals surface area contributed by atoms with Gasteiger partial charge in [0.05, 0.1) is 24.8 Å². The quantitative estimate of drug-likeness (QED) is 0.358. The molecule has 3 aromatic carbocycles. The fourth-order valence-corrected chi connectivity index (χ4v) is 4.45. The van der Waals surface area contributed by atoms with Crippen LogP contribution in [0.3, 0.4) is 0 Å². The van der Waals surface area contributed by atoms with Crippen LogP contribution in [0.5, 0.6) is 11.5 Å². The molecular weight excluding hydrogens is 464 g/mol. The predicted molar refractivity (Wildman–Crippen MR) is 126 cm³/mol. The smallest absolute Gasteiger partial charge is 0.282 e. The van der Waals surface area contributed by atoms with E-state index in [0.717, 1.165) is 0 Å². The van der Waals surface area contributed by atoms with Crippen LogP contribution in [0.25, 0.3) is 6.08 Å². The summed E-state index contributed by atoms with van der Waals surface area (Å²) in [4.78, 5) is 13.3. The Morgan fingerprint density at radius 1 is 0.909 bits per heavy atom. The van der Waals surface area contributed by atoms with E-state index in [2.05, 4.69) is 0 Å². The molecule has 0 atom stereocenters. The van der Waals surface area contributed by atoms with Crippen molar-refractivity contribution in [1.82, 2.24) is 0 Å². The summed E-state index contributed by atoms with van der Waals surface area (Å²) < 4.78 is 37.8. The fourth-order valence-electron chi connectivity index (χ4n) is 2.91. The van der Waals surface area contributed by atoms with Gasteiger partial charge in [-0.05, 0) is 72.3 Å². The van der Waals surface area contributed by atoms with Crippen molar-refractivity contribution in [1.29, 1.82) is 5.26 Å². The lowest BCUT2D eigenvalue weighted by molar-refractivity contribution is -0.113. The third-order valence-electron chi connectivity index (χ3n) is 4.62. The molecule has 0 unspecified atom stereocenters. The minimum absolute atomic E-state index is 0.0478. The van der Waals surface area contributed by atoms with E-state index in [1.807, 2.05) is 6.07 Å². The van der Waals surface area contributed by atoms with Gasteiger partial charge in [0, 0.05) is 5.02 Å². The zero-order valence-electron chi connectivity index (χ0n) is 17.7. The minimum atomic E-state index is -4.38. The van der Waals surface area contributed by atoms with E-state index in [-0.39, 0.29) is 16.2 Å². The molecule has 7 nitrogen and oxygen atoms in total. The summed E-state index contributed by atoms with van der Waals surface area (Å²) >= 11 is 5.89. The summed E-state index contributed by atoms with van der Waals surface area (Å²) in [6.07, 6.45) is 1.32. The Labute approximate surface area is 197 Å². The Morgan fingerprint density at radius 2 is 1.42 bits per heavy atom. The Balaban J connectivity index is 2.12. The number of halogens is 1. The number of carbonyl (C=O) groups is 1. The Bertz CT molecular complexity index is 1310. The average Bonchev–Trinajstić information content (AvgIpc) is 2.83. The monoisotopic (exact) mass is 482 g/mol. The van der Waals surface area contributed by atoms with Gasteiger partial charge in [0.15, 0.2) is 0 Å². The van der Waals surface area contributed by atoms with Crippen LogP contribution >= 0.6 is 11.6 Å². The van der Waals surface area contributed by atoms with Crippen LogP contribution in [0.15, 0.2) is 83.3 Å². The lowest BCUT2D eigenvalue weighted by Gasteiger charge is -2.22. The third kappa shape index (κ3) is 5.34. The Morgan fingerprint density at radius 3 is 1.91 bits per heavy atom. The molecule has 0 aliphatic rings. The van der Waals surface area contributed by atoms with Crippen LogP contribution in [0, 0.1) is 11.3 Å². The number of sulfonamides is 1. The molecule has 0 aromatic heterocycles. The number of hydrogen-bond acceptors (Lipinski definition) is 6. The second kappa shape index (κ2) is 10.2. The van der Waals surface area contributed by atoms with E-state index in [0.29, 0.717) is 26.4 Å². The van der Waals surface area contributed by atoms with Gasteiger partial charge < -0.3 is 9.47 Å². The molecule has 0 N–H and O–H groups in total. The second-order valence-corrected chi connectivity index (χ2v) is 8.89. The van der Waals surface area contributed by atoms with Gasteiger partial charge in [-0.25, -0.2) is 8.42 Å². The van der Waals surface area contributed by atoms with Crippen molar-refractivity contribution >= 4 is 39.3 Å². The number of ether oxygens (including phenoxy) is 2. The van der Waals surface area contributed by atoms with Crippen molar-refractivity contribution in [3.63, 3.8) is 0 Å². The molecule has 0 saturated heterocycles. The van der Waals surface area contributed by atoms with Crippen molar-refractivity contribution in [2.45, 2.75) is 4.90 Å². The van der Waals surface area contributed by atoms with Crippen LogP contribution < -0.4 is 13.8 Å². The first-order chi connectivity index (χ1) is 15.8. The highest BCUT2D eigenvalue weighted by Crippen LogP contribution is 2.28. The molecule has 0 fully saturated rings. The molecule has 33 heavy (non-hydrogen) atoms. The molecule has 0 saturated carbocycles. The molecular formula is C24H19ClN2O5S. The highest BCUT2D eigenvalue weighted by atomic mass is 35.5.